The van der Waals surface area contributed by atoms with E-state index in [1.165, 1.54) is 4.57 Å². The number of aromatic nitrogens is 2. The van der Waals surface area contributed by atoms with Crippen LogP contribution in [0.15, 0.2) is 23.0 Å². The second-order valence-corrected chi connectivity index (χ2v) is 5.86. The van der Waals surface area contributed by atoms with Crippen molar-refractivity contribution in [1.82, 2.24) is 14.5 Å². The van der Waals surface area contributed by atoms with Gasteiger partial charge in [-0.25, -0.2) is 4.79 Å². The van der Waals surface area contributed by atoms with Crippen molar-refractivity contribution >= 4 is 45.4 Å². The molecule has 1 aromatic heterocycles. The molecule has 0 spiro atoms. The van der Waals surface area contributed by atoms with Crippen LogP contribution < -0.4 is 11.0 Å². The second-order valence-electron chi connectivity index (χ2n) is 5.10. The highest BCUT2D eigenvalue weighted by Crippen LogP contribution is 2.25. The van der Waals surface area contributed by atoms with Gasteiger partial charge in [0.05, 0.1) is 11.0 Å². The lowest BCUT2D eigenvalue weighted by atomic mass is 10.1. The Hall–Kier alpha value is -1.64. The molecule has 21 heavy (non-hydrogen) atoms. The molecular weight excluding hydrogens is 385 g/mol. The van der Waals surface area contributed by atoms with E-state index in [9.17, 15) is 14.4 Å². The molecule has 1 aliphatic heterocycles. The number of nitrogens with one attached hydrogen (secondary N) is 1. The quantitative estimate of drug-likeness (QED) is 0.470. The average Bonchev–Trinajstić information content (AvgIpc) is 2.72. The summed E-state index contributed by atoms with van der Waals surface area (Å²) in [5.41, 5.74) is 2.42. The molecule has 110 valence electrons. The van der Waals surface area contributed by atoms with Gasteiger partial charge in [0.1, 0.15) is 6.04 Å². The summed E-state index contributed by atoms with van der Waals surface area (Å²) in [5, 5.41) is 2.31. The standard InChI is InChI=1S/C14H14IN3O3/c1-17-12-8(7-15)3-2-4-9(12)18(14(17)21)10-5-6-11(19)16-13(10)20/h2-4,10H,5-7H2,1H3,(H,16,19,20). The molecule has 2 aromatic rings. The molecule has 0 aliphatic carbocycles. The van der Waals surface area contributed by atoms with Gasteiger partial charge in [-0.15, -0.1) is 0 Å². The first-order chi connectivity index (χ1) is 10.0. The van der Waals surface area contributed by atoms with Crippen molar-refractivity contribution in [3.05, 3.63) is 34.2 Å². The molecule has 1 atom stereocenters. The summed E-state index contributed by atoms with van der Waals surface area (Å²) in [4.78, 5) is 35.9. The lowest BCUT2D eigenvalue weighted by Crippen LogP contribution is -2.44. The van der Waals surface area contributed by atoms with Gasteiger partial charge in [-0.1, -0.05) is 34.7 Å². The number of aryl methyl sites for hydroxylation is 1. The number of amides is 2. The molecule has 0 saturated carbocycles. The highest BCUT2D eigenvalue weighted by Gasteiger charge is 2.31. The lowest BCUT2D eigenvalue weighted by Gasteiger charge is -2.21. The molecule has 1 N–H and O–H groups in total. The van der Waals surface area contributed by atoms with Crippen molar-refractivity contribution in [3.63, 3.8) is 0 Å². The van der Waals surface area contributed by atoms with Crippen molar-refractivity contribution in [1.29, 1.82) is 0 Å². The first kappa shape index (κ1) is 14.3. The number of para-hydroxylation sites is 1. The number of benzene rings is 1. The number of nitrogens with zero attached hydrogens (tertiary/aromatic N) is 2. The van der Waals surface area contributed by atoms with Crippen LogP contribution in [0.5, 0.6) is 0 Å². The van der Waals surface area contributed by atoms with Crippen molar-refractivity contribution in [3.8, 4) is 0 Å². The second kappa shape index (κ2) is 5.28. The fraction of sp³-hybridized carbons (Fsp3) is 0.357. The molecule has 1 aliphatic rings. The summed E-state index contributed by atoms with van der Waals surface area (Å²) in [6.07, 6.45) is 0.614. The molecule has 1 aromatic carbocycles. The van der Waals surface area contributed by atoms with E-state index >= 15 is 0 Å². The monoisotopic (exact) mass is 399 g/mol. The molecule has 6 nitrogen and oxygen atoms in total. The Bertz CT molecular complexity index is 806. The zero-order valence-corrected chi connectivity index (χ0v) is 13.6. The molecular formula is C14H14IN3O3. The highest BCUT2D eigenvalue weighted by atomic mass is 127. The van der Waals surface area contributed by atoms with Gasteiger partial charge >= 0.3 is 5.69 Å². The van der Waals surface area contributed by atoms with Gasteiger partial charge in [-0.3, -0.25) is 24.0 Å². The number of halogens is 1. The van der Waals surface area contributed by atoms with Crippen LogP contribution in [-0.2, 0) is 21.1 Å². The van der Waals surface area contributed by atoms with E-state index in [0.29, 0.717) is 6.42 Å². The van der Waals surface area contributed by atoms with Crippen molar-refractivity contribution in [2.24, 2.45) is 7.05 Å². The van der Waals surface area contributed by atoms with Crippen molar-refractivity contribution < 1.29 is 9.59 Å². The van der Waals surface area contributed by atoms with Crippen LogP contribution in [0.1, 0.15) is 24.4 Å². The van der Waals surface area contributed by atoms with Gasteiger partial charge < -0.3 is 0 Å². The summed E-state index contributed by atoms with van der Waals surface area (Å²) < 4.78 is 3.86. The molecule has 2 heterocycles. The summed E-state index contributed by atoms with van der Waals surface area (Å²) >= 11 is 2.25. The van der Waals surface area contributed by atoms with E-state index in [2.05, 4.69) is 27.9 Å². The van der Waals surface area contributed by atoms with Gasteiger partial charge in [0.15, 0.2) is 0 Å². The third-order valence-corrected chi connectivity index (χ3v) is 4.67. The number of rotatable bonds is 2. The van der Waals surface area contributed by atoms with E-state index in [-0.39, 0.29) is 18.0 Å². The number of carbonyl (C=O) groups is 2. The number of hydrogen-bond donors (Lipinski definition) is 1. The number of fused-ring (bicyclic) bond motifs is 1. The van der Waals surface area contributed by atoms with Crippen molar-refractivity contribution in [2.45, 2.75) is 23.3 Å². The number of hydrogen-bond acceptors (Lipinski definition) is 3. The Morgan fingerprint density at radius 3 is 2.76 bits per heavy atom. The SMILES string of the molecule is Cn1c(=O)n(C2CCC(=O)NC2=O)c2cccc(CI)c21. The summed E-state index contributed by atoms with van der Waals surface area (Å²) in [5.74, 6) is -0.682. The Balaban J connectivity index is 2.24. The Morgan fingerprint density at radius 1 is 1.33 bits per heavy atom. The number of alkyl halides is 1. The molecule has 1 fully saturated rings. The molecule has 3 rings (SSSR count). The Kier molecular flexibility index (Phi) is 3.60. The third-order valence-electron chi connectivity index (χ3n) is 3.85. The van der Waals surface area contributed by atoms with Crippen LogP contribution in [0.2, 0.25) is 0 Å². The van der Waals surface area contributed by atoms with Crippen LogP contribution in [0.3, 0.4) is 0 Å². The number of carbonyl (C=O) groups excluding carboxylic acids is 2. The first-order valence-corrected chi connectivity index (χ1v) is 8.15. The predicted molar refractivity (Wildman–Crippen MR) is 86.3 cm³/mol. The van der Waals surface area contributed by atoms with E-state index in [4.69, 9.17) is 0 Å². The van der Waals surface area contributed by atoms with E-state index in [1.807, 2.05) is 18.2 Å². The minimum Gasteiger partial charge on any atom is -0.295 e. The highest BCUT2D eigenvalue weighted by molar-refractivity contribution is 14.1. The third kappa shape index (κ3) is 2.19. The fourth-order valence-electron chi connectivity index (χ4n) is 2.86. The molecule has 7 heteroatoms. The fourth-order valence-corrected chi connectivity index (χ4v) is 3.47. The average molecular weight is 399 g/mol. The zero-order valence-electron chi connectivity index (χ0n) is 11.4. The van der Waals surface area contributed by atoms with Gasteiger partial charge in [-0.05, 0) is 18.1 Å². The van der Waals surface area contributed by atoms with E-state index < -0.39 is 11.9 Å². The minimum absolute atomic E-state index is 0.225. The van der Waals surface area contributed by atoms with Gasteiger partial charge in [0.2, 0.25) is 11.8 Å². The van der Waals surface area contributed by atoms with Gasteiger partial charge in [0, 0.05) is 17.9 Å². The topological polar surface area (TPSA) is 73.1 Å². The zero-order chi connectivity index (χ0) is 15.1. The van der Waals surface area contributed by atoms with E-state index in [0.717, 1.165) is 21.0 Å². The maximum atomic E-state index is 12.5. The number of piperidine rings is 1. The number of imidazole rings is 1. The van der Waals surface area contributed by atoms with Crippen molar-refractivity contribution in [2.75, 3.05) is 0 Å². The number of imide groups is 1. The van der Waals surface area contributed by atoms with Crippen LogP contribution in [0.25, 0.3) is 11.0 Å². The van der Waals surface area contributed by atoms with E-state index in [1.54, 1.807) is 11.6 Å². The molecule has 1 saturated heterocycles. The van der Waals surface area contributed by atoms with Crippen LogP contribution in [0, 0.1) is 0 Å². The normalized spacial score (nSPS) is 19.0. The molecule has 0 radical (unpaired) electrons. The Morgan fingerprint density at radius 2 is 2.10 bits per heavy atom. The predicted octanol–water partition coefficient (Wildman–Crippen LogP) is 1.25. The maximum Gasteiger partial charge on any atom is 0.329 e. The van der Waals surface area contributed by atoms with Gasteiger partial charge in [0.25, 0.3) is 0 Å². The molecule has 0 bridgehead atoms. The first-order valence-electron chi connectivity index (χ1n) is 6.63. The summed E-state index contributed by atoms with van der Waals surface area (Å²) in [6.45, 7) is 0. The summed E-state index contributed by atoms with van der Waals surface area (Å²) in [6, 6.07) is 5.08. The summed E-state index contributed by atoms with van der Waals surface area (Å²) in [7, 11) is 1.71. The lowest BCUT2D eigenvalue weighted by molar-refractivity contribution is -0.135. The molecule has 2 amide bonds. The van der Waals surface area contributed by atoms with Gasteiger partial charge in [-0.2, -0.15) is 0 Å². The smallest absolute Gasteiger partial charge is 0.295 e. The largest absolute Gasteiger partial charge is 0.329 e. The molecule has 1 unspecified atom stereocenters. The minimum atomic E-state index is -0.622. The maximum absolute atomic E-state index is 12.5. The Labute approximate surface area is 134 Å². The van der Waals surface area contributed by atoms with Crippen LogP contribution in [-0.4, -0.2) is 20.9 Å². The van der Waals surface area contributed by atoms with Crippen LogP contribution in [0.4, 0.5) is 0 Å². The van der Waals surface area contributed by atoms with Crippen LogP contribution >= 0.6 is 22.6 Å².